The minimum Gasteiger partial charge on any atom is -0.329 e. The molecule has 0 aliphatic rings. The van der Waals surface area contributed by atoms with E-state index < -0.39 is 0 Å². The van der Waals surface area contributed by atoms with Crippen molar-refractivity contribution in [2.24, 2.45) is 5.73 Å². The van der Waals surface area contributed by atoms with E-state index in [0.29, 0.717) is 12.6 Å². The molecule has 1 unspecified atom stereocenters. The number of aromatic nitrogens is 2. The molecule has 2 aromatic rings. The van der Waals surface area contributed by atoms with Crippen molar-refractivity contribution in [2.75, 3.05) is 13.6 Å². The second kappa shape index (κ2) is 7.38. The Labute approximate surface area is 124 Å². The van der Waals surface area contributed by atoms with Crippen molar-refractivity contribution in [2.45, 2.75) is 19.5 Å². The van der Waals surface area contributed by atoms with Crippen molar-refractivity contribution in [1.82, 2.24) is 14.7 Å². The van der Waals surface area contributed by atoms with Crippen LogP contribution in [0.1, 0.15) is 12.6 Å². The maximum Gasteiger partial charge on any atom is 0.123 e. The first kappa shape index (κ1) is 16.6. The Morgan fingerprint density at radius 2 is 1.95 bits per heavy atom. The number of rotatable bonds is 5. The standard InChI is InChI=1S/C14H19FN4.ClH/c1-11(9-16)18(2)10-14-7-8-17-19(14)13-5-3-12(15)4-6-13;/h3-8,11H,9-10,16H2,1-2H3;1H. The van der Waals surface area contributed by atoms with Gasteiger partial charge < -0.3 is 5.73 Å². The second-order valence-corrected chi connectivity index (χ2v) is 4.71. The minimum atomic E-state index is -0.244. The summed E-state index contributed by atoms with van der Waals surface area (Å²) < 4.78 is 14.8. The van der Waals surface area contributed by atoms with Crippen LogP contribution >= 0.6 is 12.4 Å². The highest BCUT2D eigenvalue weighted by Crippen LogP contribution is 2.13. The summed E-state index contributed by atoms with van der Waals surface area (Å²) in [4.78, 5) is 2.16. The predicted octanol–water partition coefficient (Wildman–Crippen LogP) is 2.21. The minimum absolute atomic E-state index is 0. The normalized spacial score (nSPS) is 12.2. The van der Waals surface area contributed by atoms with Crippen molar-refractivity contribution < 1.29 is 4.39 Å². The summed E-state index contributed by atoms with van der Waals surface area (Å²) in [5.41, 5.74) is 7.57. The molecule has 0 aliphatic carbocycles. The fourth-order valence-corrected chi connectivity index (χ4v) is 1.86. The molecule has 0 spiro atoms. The van der Waals surface area contributed by atoms with Crippen LogP contribution in [0, 0.1) is 5.82 Å². The van der Waals surface area contributed by atoms with E-state index in [2.05, 4.69) is 16.9 Å². The summed E-state index contributed by atoms with van der Waals surface area (Å²) in [5.74, 6) is -0.244. The third-order valence-corrected chi connectivity index (χ3v) is 3.30. The lowest BCUT2D eigenvalue weighted by Crippen LogP contribution is -2.35. The molecule has 1 heterocycles. The number of hydrogen-bond donors (Lipinski definition) is 1. The van der Waals surface area contributed by atoms with Crippen LogP contribution in [0.3, 0.4) is 0 Å². The third kappa shape index (κ3) is 3.79. The van der Waals surface area contributed by atoms with Crippen LogP contribution < -0.4 is 5.73 Å². The number of benzene rings is 1. The van der Waals surface area contributed by atoms with Crippen LogP contribution in [-0.4, -0.2) is 34.3 Å². The summed E-state index contributed by atoms with van der Waals surface area (Å²) >= 11 is 0. The van der Waals surface area contributed by atoms with Gasteiger partial charge in [0.25, 0.3) is 0 Å². The predicted molar refractivity (Wildman–Crippen MR) is 80.8 cm³/mol. The van der Waals surface area contributed by atoms with Crippen molar-refractivity contribution in [3.8, 4) is 5.69 Å². The van der Waals surface area contributed by atoms with Gasteiger partial charge in [-0.1, -0.05) is 0 Å². The Morgan fingerprint density at radius 3 is 2.55 bits per heavy atom. The van der Waals surface area contributed by atoms with Gasteiger partial charge in [0.2, 0.25) is 0 Å². The average molecular weight is 299 g/mol. The lowest BCUT2D eigenvalue weighted by Gasteiger charge is -2.23. The lowest BCUT2D eigenvalue weighted by atomic mass is 10.2. The van der Waals surface area contributed by atoms with Gasteiger partial charge in [-0.2, -0.15) is 5.10 Å². The lowest BCUT2D eigenvalue weighted by molar-refractivity contribution is 0.250. The highest BCUT2D eigenvalue weighted by Gasteiger charge is 2.11. The Hall–Kier alpha value is -1.43. The Balaban J connectivity index is 0.00000200. The quantitative estimate of drug-likeness (QED) is 0.920. The zero-order chi connectivity index (χ0) is 13.8. The number of nitrogens with two attached hydrogens (primary N) is 1. The second-order valence-electron chi connectivity index (χ2n) is 4.71. The molecular formula is C14H20ClFN4. The van der Waals surface area contributed by atoms with Gasteiger partial charge >= 0.3 is 0 Å². The SMILES string of the molecule is CC(CN)N(C)Cc1ccnn1-c1ccc(F)cc1.Cl. The van der Waals surface area contributed by atoms with Crippen LogP contribution in [0.4, 0.5) is 4.39 Å². The molecule has 1 atom stereocenters. The van der Waals surface area contributed by atoms with Gasteiger partial charge in [-0.15, -0.1) is 12.4 Å². The van der Waals surface area contributed by atoms with Crippen LogP contribution in [0.2, 0.25) is 0 Å². The third-order valence-electron chi connectivity index (χ3n) is 3.30. The molecule has 110 valence electrons. The highest BCUT2D eigenvalue weighted by molar-refractivity contribution is 5.85. The van der Waals surface area contributed by atoms with Crippen LogP contribution in [0.25, 0.3) is 5.69 Å². The molecule has 0 radical (unpaired) electrons. The summed E-state index contributed by atoms with van der Waals surface area (Å²) in [7, 11) is 2.03. The summed E-state index contributed by atoms with van der Waals surface area (Å²) in [6.45, 7) is 3.44. The molecule has 0 amide bonds. The molecule has 2 rings (SSSR count). The van der Waals surface area contributed by atoms with Gasteiger partial charge in [-0.05, 0) is 44.3 Å². The fourth-order valence-electron chi connectivity index (χ4n) is 1.86. The van der Waals surface area contributed by atoms with E-state index in [1.165, 1.54) is 12.1 Å². The monoisotopic (exact) mass is 298 g/mol. The Morgan fingerprint density at radius 1 is 1.30 bits per heavy atom. The number of halogens is 2. The topological polar surface area (TPSA) is 47.1 Å². The van der Waals surface area contributed by atoms with Crippen molar-refractivity contribution >= 4 is 12.4 Å². The van der Waals surface area contributed by atoms with E-state index in [1.54, 1.807) is 18.3 Å². The maximum atomic E-state index is 12.9. The molecular weight excluding hydrogens is 279 g/mol. The molecule has 4 nitrogen and oxygen atoms in total. The first-order valence-corrected chi connectivity index (χ1v) is 6.31. The molecule has 0 saturated heterocycles. The van der Waals surface area contributed by atoms with Gasteiger partial charge in [0.1, 0.15) is 5.82 Å². The molecule has 0 fully saturated rings. The number of nitrogens with zero attached hydrogens (tertiary/aromatic N) is 3. The highest BCUT2D eigenvalue weighted by atomic mass is 35.5. The van der Waals surface area contributed by atoms with E-state index in [4.69, 9.17) is 5.73 Å². The van der Waals surface area contributed by atoms with Gasteiger partial charge in [0.15, 0.2) is 0 Å². The van der Waals surface area contributed by atoms with Crippen molar-refractivity contribution in [3.63, 3.8) is 0 Å². The van der Waals surface area contributed by atoms with Gasteiger partial charge in [-0.3, -0.25) is 4.90 Å². The number of likely N-dealkylation sites (N-methyl/N-ethyl adjacent to an activating group) is 1. The van der Waals surface area contributed by atoms with E-state index >= 15 is 0 Å². The summed E-state index contributed by atoms with van der Waals surface area (Å²) in [6, 6.07) is 8.58. The molecule has 2 N–H and O–H groups in total. The van der Waals surface area contributed by atoms with Crippen molar-refractivity contribution in [1.29, 1.82) is 0 Å². The van der Waals surface area contributed by atoms with E-state index in [-0.39, 0.29) is 18.2 Å². The molecule has 1 aromatic heterocycles. The molecule has 0 aliphatic heterocycles. The van der Waals surface area contributed by atoms with E-state index in [0.717, 1.165) is 17.9 Å². The van der Waals surface area contributed by atoms with Crippen LogP contribution in [-0.2, 0) is 6.54 Å². The largest absolute Gasteiger partial charge is 0.329 e. The Bertz CT molecular complexity index is 526. The number of hydrogen-bond acceptors (Lipinski definition) is 3. The van der Waals surface area contributed by atoms with E-state index in [1.807, 2.05) is 17.8 Å². The molecule has 0 bridgehead atoms. The van der Waals surface area contributed by atoms with Gasteiger partial charge in [0.05, 0.1) is 11.4 Å². The molecule has 20 heavy (non-hydrogen) atoms. The molecule has 6 heteroatoms. The van der Waals surface area contributed by atoms with E-state index in [9.17, 15) is 4.39 Å². The zero-order valence-corrected chi connectivity index (χ0v) is 12.5. The van der Waals surface area contributed by atoms with Gasteiger partial charge in [0, 0.05) is 25.3 Å². The maximum absolute atomic E-state index is 12.9. The van der Waals surface area contributed by atoms with Crippen LogP contribution in [0.5, 0.6) is 0 Å². The fraction of sp³-hybridized carbons (Fsp3) is 0.357. The average Bonchev–Trinajstić information content (AvgIpc) is 2.86. The molecule has 1 aromatic carbocycles. The van der Waals surface area contributed by atoms with Crippen LogP contribution in [0.15, 0.2) is 36.5 Å². The van der Waals surface area contributed by atoms with Crippen molar-refractivity contribution in [3.05, 3.63) is 48.0 Å². The zero-order valence-electron chi connectivity index (χ0n) is 11.7. The first-order chi connectivity index (χ1) is 9.11. The smallest absolute Gasteiger partial charge is 0.123 e. The Kier molecular flexibility index (Phi) is 6.13. The first-order valence-electron chi connectivity index (χ1n) is 6.31. The van der Waals surface area contributed by atoms with Gasteiger partial charge in [-0.25, -0.2) is 9.07 Å². The summed E-state index contributed by atoms with van der Waals surface area (Å²) in [5, 5.41) is 4.29. The molecule has 0 saturated carbocycles. The summed E-state index contributed by atoms with van der Waals surface area (Å²) in [6.07, 6.45) is 1.75.